The molecule has 2 aromatic heterocycles. The molecule has 0 saturated carbocycles. The Bertz CT molecular complexity index is 828. The third-order valence-corrected chi connectivity index (χ3v) is 3.73. The average Bonchev–Trinajstić information content (AvgIpc) is 2.88. The zero-order valence-corrected chi connectivity index (χ0v) is 13.5. The van der Waals surface area contributed by atoms with Crippen LogP contribution in [-0.4, -0.2) is 21.5 Å². The van der Waals surface area contributed by atoms with Crippen molar-refractivity contribution in [2.45, 2.75) is 20.4 Å². The Hall–Kier alpha value is -2.27. The van der Waals surface area contributed by atoms with E-state index in [0.717, 1.165) is 28.5 Å². The van der Waals surface area contributed by atoms with Gasteiger partial charge in [0.25, 0.3) is 0 Å². The maximum absolute atomic E-state index is 6.12. The van der Waals surface area contributed by atoms with Gasteiger partial charge in [0.15, 0.2) is 0 Å². The van der Waals surface area contributed by atoms with Crippen LogP contribution in [0.2, 0.25) is 5.02 Å². The fourth-order valence-corrected chi connectivity index (χ4v) is 2.63. The monoisotopic (exact) mass is 316 g/mol. The lowest BCUT2D eigenvalue weighted by Crippen LogP contribution is -1.99. The number of ether oxygens (including phenoxy) is 1. The second-order valence-corrected chi connectivity index (χ2v) is 5.55. The quantitative estimate of drug-likeness (QED) is 0.798. The lowest BCUT2D eigenvalue weighted by Gasteiger charge is -2.07. The summed E-state index contributed by atoms with van der Waals surface area (Å²) < 4.78 is 7.13. The molecule has 3 rings (SSSR count). The predicted octanol–water partition coefficient (Wildman–Crippen LogP) is 3.62. The smallest absolute Gasteiger partial charge is 0.234 e. The van der Waals surface area contributed by atoms with Gasteiger partial charge < -0.3 is 10.1 Å². The first-order valence-electron chi connectivity index (χ1n) is 6.96. The van der Waals surface area contributed by atoms with Crippen molar-refractivity contribution in [3.63, 3.8) is 0 Å². The van der Waals surface area contributed by atoms with E-state index in [1.807, 2.05) is 48.7 Å². The standard InChI is InChI=1S/C16H17ClN4O/c1-10-6-11(2)21-9-13(20-16(21)19-10)8-18-12-4-5-15(22-3)14(17)7-12/h4-7,9,18H,8H2,1-3H3. The Morgan fingerprint density at radius 2 is 2.05 bits per heavy atom. The third kappa shape index (κ3) is 2.85. The van der Waals surface area contributed by atoms with E-state index in [2.05, 4.69) is 15.3 Å². The number of aromatic nitrogens is 3. The number of fused-ring (bicyclic) bond motifs is 1. The zero-order chi connectivity index (χ0) is 15.7. The molecule has 0 aliphatic rings. The van der Waals surface area contributed by atoms with Crippen LogP contribution in [0.5, 0.6) is 5.75 Å². The highest BCUT2D eigenvalue weighted by molar-refractivity contribution is 6.32. The minimum Gasteiger partial charge on any atom is -0.495 e. The molecule has 0 bridgehead atoms. The SMILES string of the molecule is COc1ccc(NCc2cn3c(C)cc(C)nc3n2)cc1Cl. The predicted molar refractivity (Wildman–Crippen MR) is 87.8 cm³/mol. The van der Waals surface area contributed by atoms with E-state index in [-0.39, 0.29) is 0 Å². The van der Waals surface area contributed by atoms with Crippen molar-refractivity contribution in [3.8, 4) is 5.75 Å². The van der Waals surface area contributed by atoms with Gasteiger partial charge in [-0.15, -0.1) is 0 Å². The molecule has 114 valence electrons. The Labute approximate surface area is 133 Å². The van der Waals surface area contributed by atoms with Gasteiger partial charge in [0.1, 0.15) is 5.75 Å². The normalized spacial score (nSPS) is 10.9. The number of rotatable bonds is 4. The number of benzene rings is 1. The first-order chi connectivity index (χ1) is 10.6. The molecule has 0 spiro atoms. The van der Waals surface area contributed by atoms with Crippen molar-refractivity contribution < 1.29 is 4.74 Å². The van der Waals surface area contributed by atoms with Crippen molar-refractivity contribution in [3.05, 3.63) is 52.6 Å². The molecule has 0 aliphatic carbocycles. The second kappa shape index (κ2) is 5.85. The van der Waals surface area contributed by atoms with E-state index in [9.17, 15) is 0 Å². The van der Waals surface area contributed by atoms with Crippen LogP contribution in [0.15, 0.2) is 30.5 Å². The number of hydrogen-bond donors (Lipinski definition) is 1. The average molecular weight is 317 g/mol. The van der Waals surface area contributed by atoms with Crippen LogP contribution in [0.3, 0.4) is 0 Å². The molecule has 0 unspecified atom stereocenters. The van der Waals surface area contributed by atoms with Crippen LogP contribution >= 0.6 is 11.6 Å². The van der Waals surface area contributed by atoms with Crippen molar-refractivity contribution in [2.24, 2.45) is 0 Å². The van der Waals surface area contributed by atoms with E-state index in [0.29, 0.717) is 17.3 Å². The van der Waals surface area contributed by atoms with Gasteiger partial charge in [-0.3, -0.25) is 4.40 Å². The van der Waals surface area contributed by atoms with Crippen LogP contribution in [-0.2, 0) is 6.54 Å². The van der Waals surface area contributed by atoms with Crippen molar-refractivity contribution in [2.75, 3.05) is 12.4 Å². The van der Waals surface area contributed by atoms with E-state index in [1.54, 1.807) is 7.11 Å². The van der Waals surface area contributed by atoms with Gasteiger partial charge >= 0.3 is 0 Å². The lowest BCUT2D eigenvalue weighted by molar-refractivity contribution is 0.415. The molecule has 0 amide bonds. The molecule has 5 nitrogen and oxygen atoms in total. The molecule has 6 heteroatoms. The van der Waals surface area contributed by atoms with Gasteiger partial charge in [0.2, 0.25) is 5.78 Å². The summed E-state index contributed by atoms with van der Waals surface area (Å²) in [5.74, 6) is 1.39. The zero-order valence-electron chi connectivity index (χ0n) is 12.7. The summed E-state index contributed by atoms with van der Waals surface area (Å²) in [5.41, 5.74) is 3.93. The molecule has 0 fully saturated rings. The minimum absolute atomic E-state index is 0.579. The molecule has 1 N–H and O–H groups in total. The molecular formula is C16H17ClN4O. The van der Waals surface area contributed by atoms with Crippen LogP contribution in [0, 0.1) is 13.8 Å². The molecule has 2 heterocycles. The summed E-state index contributed by atoms with van der Waals surface area (Å²) in [7, 11) is 1.60. The molecule has 3 aromatic rings. The van der Waals surface area contributed by atoms with Gasteiger partial charge in [0, 0.05) is 23.3 Å². The Kier molecular flexibility index (Phi) is 3.90. The molecule has 0 saturated heterocycles. The Morgan fingerprint density at radius 1 is 1.23 bits per heavy atom. The van der Waals surface area contributed by atoms with E-state index < -0.39 is 0 Å². The number of aryl methyl sites for hydroxylation is 2. The number of methoxy groups -OCH3 is 1. The number of hydrogen-bond acceptors (Lipinski definition) is 4. The topological polar surface area (TPSA) is 51.5 Å². The number of imidazole rings is 1. The highest BCUT2D eigenvalue weighted by Gasteiger charge is 2.06. The van der Waals surface area contributed by atoms with Gasteiger partial charge in [-0.25, -0.2) is 9.97 Å². The van der Waals surface area contributed by atoms with Crippen LogP contribution in [0.4, 0.5) is 5.69 Å². The van der Waals surface area contributed by atoms with E-state index >= 15 is 0 Å². The third-order valence-electron chi connectivity index (χ3n) is 3.44. The summed E-state index contributed by atoms with van der Waals surface area (Å²) >= 11 is 6.12. The van der Waals surface area contributed by atoms with Gasteiger partial charge in [-0.05, 0) is 38.1 Å². The maximum Gasteiger partial charge on any atom is 0.234 e. The van der Waals surface area contributed by atoms with E-state index in [1.165, 1.54) is 0 Å². The molecular weight excluding hydrogens is 300 g/mol. The maximum atomic E-state index is 6.12. The van der Waals surface area contributed by atoms with Crippen molar-refractivity contribution >= 4 is 23.1 Å². The Balaban J connectivity index is 1.79. The van der Waals surface area contributed by atoms with Crippen LogP contribution < -0.4 is 10.1 Å². The number of halogens is 1. The van der Waals surface area contributed by atoms with Crippen molar-refractivity contribution in [1.82, 2.24) is 14.4 Å². The minimum atomic E-state index is 0.579. The van der Waals surface area contributed by atoms with Gasteiger partial charge in [-0.1, -0.05) is 11.6 Å². The fourth-order valence-electron chi connectivity index (χ4n) is 2.37. The second-order valence-electron chi connectivity index (χ2n) is 5.14. The lowest BCUT2D eigenvalue weighted by atomic mass is 10.3. The van der Waals surface area contributed by atoms with Gasteiger partial charge in [0.05, 0.1) is 24.4 Å². The molecule has 0 aliphatic heterocycles. The Morgan fingerprint density at radius 3 is 2.77 bits per heavy atom. The summed E-state index contributed by atoms with van der Waals surface area (Å²) in [6.45, 7) is 4.62. The van der Waals surface area contributed by atoms with Crippen molar-refractivity contribution in [1.29, 1.82) is 0 Å². The molecule has 0 atom stereocenters. The summed E-state index contributed by atoms with van der Waals surface area (Å²) in [6.07, 6.45) is 2.00. The fraction of sp³-hybridized carbons (Fsp3) is 0.250. The summed E-state index contributed by atoms with van der Waals surface area (Å²) in [6, 6.07) is 7.64. The molecule has 0 radical (unpaired) electrons. The highest BCUT2D eigenvalue weighted by atomic mass is 35.5. The first kappa shape index (κ1) is 14.7. The molecule has 1 aromatic carbocycles. The van der Waals surface area contributed by atoms with Crippen LogP contribution in [0.1, 0.15) is 17.1 Å². The number of nitrogens with one attached hydrogen (secondary N) is 1. The first-order valence-corrected chi connectivity index (χ1v) is 7.34. The summed E-state index contributed by atoms with van der Waals surface area (Å²) in [5, 5.41) is 3.88. The largest absolute Gasteiger partial charge is 0.495 e. The number of nitrogens with zero attached hydrogens (tertiary/aromatic N) is 3. The molecule has 22 heavy (non-hydrogen) atoms. The van der Waals surface area contributed by atoms with Gasteiger partial charge in [-0.2, -0.15) is 0 Å². The highest BCUT2D eigenvalue weighted by Crippen LogP contribution is 2.27. The van der Waals surface area contributed by atoms with E-state index in [4.69, 9.17) is 16.3 Å². The summed E-state index contributed by atoms with van der Waals surface area (Å²) in [4.78, 5) is 8.97. The number of anilines is 1. The van der Waals surface area contributed by atoms with Crippen LogP contribution in [0.25, 0.3) is 5.78 Å².